The van der Waals surface area contributed by atoms with Crippen LogP contribution in [-0.2, 0) is 9.53 Å². The Balaban J connectivity index is 3.45. The SMILES string of the molecule is O=C(C=CCl)OCC(O)CO. The molecule has 1 unspecified atom stereocenters. The lowest BCUT2D eigenvalue weighted by molar-refractivity contribution is -0.141. The molecule has 4 nitrogen and oxygen atoms in total. The van der Waals surface area contributed by atoms with E-state index < -0.39 is 18.7 Å². The molecule has 0 fully saturated rings. The maximum atomic E-state index is 10.5. The van der Waals surface area contributed by atoms with Crippen LogP contribution in [0, 0.1) is 0 Å². The predicted molar refractivity (Wildman–Crippen MR) is 39.0 cm³/mol. The fourth-order valence-electron chi connectivity index (χ4n) is 0.331. The molecule has 0 amide bonds. The molecule has 0 aromatic carbocycles. The largest absolute Gasteiger partial charge is 0.460 e. The first kappa shape index (κ1) is 10.4. The van der Waals surface area contributed by atoms with E-state index in [1.54, 1.807) is 0 Å². The number of esters is 1. The standard InChI is InChI=1S/C6H9ClO4/c7-2-1-6(10)11-4-5(9)3-8/h1-2,5,8-9H,3-4H2. The van der Waals surface area contributed by atoms with Gasteiger partial charge in [0.1, 0.15) is 12.7 Å². The van der Waals surface area contributed by atoms with E-state index >= 15 is 0 Å². The average molecular weight is 181 g/mol. The number of hydrogen-bond acceptors (Lipinski definition) is 4. The van der Waals surface area contributed by atoms with Gasteiger partial charge in [0, 0.05) is 11.6 Å². The molecule has 0 saturated heterocycles. The fraction of sp³-hybridized carbons (Fsp3) is 0.500. The van der Waals surface area contributed by atoms with Gasteiger partial charge < -0.3 is 14.9 Å². The van der Waals surface area contributed by atoms with E-state index in [0.717, 1.165) is 11.6 Å². The summed E-state index contributed by atoms with van der Waals surface area (Å²) < 4.78 is 4.41. The lowest BCUT2D eigenvalue weighted by atomic mass is 10.4. The minimum atomic E-state index is -1.03. The summed E-state index contributed by atoms with van der Waals surface area (Å²) in [7, 11) is 0. The summed E-state index contributed by atoms with van der Waals surface area (Å²) >= 11 is 5.05. The molecule has 2 N–H and O–H groups in total. The molecular formula is C6H9ClO4. The van der Waals surface area contributed by atoms with Gasteiger partial charge in [-0.2, -0.15) is 0 Å². The third-order valence-corrected chi connectivity index (χ3v) is 0.954. The van der Waals surface area contributed by atoms with Crippen LogP contribution in [0.5, 0.6) is 0 Å². The Hall–Kier alpha value is -0.580. The van der Waals surface area contributed by atoms with Crippen molar-refractivity contribution in [3.63, 3.8) is 0 Å². The second-order valence-electron chi connectivity index (χ2n) is 1.76. The molecular weight excluding hydrogens is 172 g/mol. The topological polar surface area (TPSA) is 66.8 Å². The van der Waals surface area contributed by atoms with Gasteiger partial charge in [0.15, 0.2) is 0 Å². The number of halogens is 1. The molecule has 0 rings (SSSR count). The molecule has 1 atom stereocenters. The third kappa shape index (κ3) is 5.84. The Morgan fingerprint density at radius 2 is 2.36 bits per heavy atom. The van der Waals surface area contributed by atoms with Crippen molar-refractivity contribution in [2.75, 3.05) is 13.2 Å². The van der Waals surface area contributed by atoms with Crippen molar-refractivity contribution in [3.05, 3.63) is 11.6 Å². The Morgan fingerprint density at radius 3 is 2.82 bits per heavy atom. The van der Waals surface area contributed by atoms with Gasteiger partial charge in [-0.05, 0) is 0 Å². The summed E-state index contributed by atoms with van der Waals surface area (Å²) in [6, 6.07) is 0. The maximum Gasteiger partial charge on any atom is 0.331 e. The quantitative estimate of drug-likeness (QED) is 0.458. The second-order valence-corrected chi connectivity index (χ2v) is 2.01. The van der Waals surface area contributed by atoms with Crippen LogP contribution < -0.4 is 0 Å². The number of carbonyl (C=O) groups excluding carboxylic acids is 1. The number of aliphatic hydroxyl groups excluding tert-OH is 2. The molecule has 0 aromatic rings. The van der Waals surface area contributed by atoms with E-state index in [1.807, 2.05) is 0 Å². The zero-order chi connectivity index (χ0) is 8.69. The Labute approximate surface area is 69.0 Å². The summed E-state index contributed by atoms with van der Waals surface area (Å²) in [6.07, 6.45) is -0.0197. The normalized spacial score (nSPS) is 13.4. The highest BCUT2D eigenvalue weighted by atomic mass is 35.5. The van der Waals surface area contributed by atoms with Crippen LogP contribution in [0.25, 0.3) is 0 Å². The maximum absolute atomic E-state index is 10.5. The highest BCUT2D eigenvalue weighted by Crippen LogP contribution is 1.87. The van der Waals surface area contributed by atoms with Gasteiger partial charge in [0.25, 0.3) is 0 Å². The molecule has 0 bridgehead atoms. The van der Waals surface area contributed by atoms with Crippen molar-refractivity contribution in [1.29, 1.82) is 0 Å². The molecule has 11 heavy (non-hydrogen) atoms. The van der Waals surface area contributed by atoms with Crippen LogP contribution in [0.1, 0.15) is 0 Å². The summed E-state index contributed by atoms with van der Waals surface area (Å²) in [6.45, 7) is -0.658. The number of hydrogen-bond donors (Lipinski definition) is 2. The first-order chi connectivity index (χ1) is 5.20. The molecule has 5 heteroatoms. The zero-order valence-electron chi connectivity index (χ0n) is 5.74. The molecule has 0 aliphatic carbocycles. The Bertz CT molecular complexity index is 146. The molecule has 0 heterocycles. The van der Waals surface area contributed by atoms with Crippen molar-refractivity contribution < 1.29 is 19.7 Å². The fourth-order valence-corrected chi connectivity index (χ4v) is 0.433. The average Bonchev–Trinajstić information content (AvgIpc) is 2.01. The highest BCUT2D eigenvalue weighted by Gasteiger charge is 2.03. The second kappa shape index (κ2) is 6.15. The van der Waals surface area contributed by atoms with E-state index in [-0.39, 0.29) is 6.61 Å². The van der Waals surface area contributed by atoms with Crippen LogP contribution >= 0.6 is 11.6 Å². The molecule has 0 aliphatic heterocycles. The smallest absolute Gasteiger partial charge is 0.331 e. The molecule has 0 saturated carbocycles. The number of carbonyl (C=O) groups is 1. The summed E-state index contributed by atoms with van der Waals surface area (Å²) in [5, 5.41) is 17.0. The van der Waals surface area contributed by atoms with Gasteiger partial charge in [0.05, 0.1) is 6.61 Å². The summed E-state index contributed by atoms with van der Waals surface area (Å²) in [5.74, 6) is -0.646. The van der Waals surface area contributed by atoms with Gasteiger partial charge in [0.2, 0.25) is 0 Å². The lowest BCUT2D eigenvalue weighted by Crippen LogP contribution is -2.21. The summed E-state index contributed by atoms with van der Waals surface area (Å²) in [5.41, 5.74) is 1.01. The molecule has 0 radical (unpaired) electrons. The van der Waals surface area contributed by atoms with Crippen molar-refractivity contribution in [2.24, 2.45) is 0 Å². The van der Waals surface area contributed by atoms with Crippen molar-refractivity contribution >= 4 is 17.6 Å². The van der Waals surface area contributed by atoms with Crippen molar-refractivity contribution in [1.82, 2.24) is 0 Å². The van der Waals surface area contributed by atoms with Gasteiger partial charge in [-0.15, -0.1) is 0 Å². The van der Waals surface area contributed by atoms with Gasteiger partial charge in [-0.1, -0.05) is 11.6 Å². The van der Waals surface area contributed by atoms with Gasteiger partial charge in [-0.25, -0.2) is 4.79 Å². The summed E-state index contributed by atoms with van der Waals surface area (Å²) in [4.78, 5) is 10.5. The minimum absolute atomic E-state index is 0.226. The number of rotatable bonds is 4. The number of aliphatic hydroxyl groups is 2. The van der Waals surface area contributed by atoms with Crippen LogP contribution in [0.15, 0.2) is 11.6 Å². The van der Waals surface area contributed by atoms with Crippen LogP contribution in [0.4, 0.5) is 0 Å². The van der Waals surface area contributed by atoms with Crippen LogP contribution in [-0.4, -0.2) is 35.5 Å². The Kier molecular flexibility index (Phi) is 5.83. The first-order valence-corrected chi connectivity index (χ1v) is 3.36. The lowest BCUT2D eigenvalue weighted by Gasteiger charge is -2.05. The zero-order valence-corrected chi connectivity index (χ0v) is 6.49. The Morgan fingerprint density at radius 1 is 1.73 bits per heavy atom. The monoisotopic (exact) mass is 180 g/mol. The van der Waals surface area contributed by atoms with E-state index in [2.05, 4.69) is 4.74 Å². The van der Waals surface area contributed by atoms with E-state index in [0.29, 0.717) is 0 Å². The predicted octanol–water partition coefficient (Wildman–Crippen LogP) is -0.365. The van der Waals surface area contributed by atoms with E-state index in [4.69, 9.17) is 21.8 Å². The van der Waals surface area contributed by atoms with Gasteiger partial charge in [-0.3, -0.25) is 0 Å². The van der Waals surface area contributed by atoms with E-state index in [1.165, 1.54) is 0 Å². The van der Waals surface area contributed by atoms with Crippen LogP contribution in [0.3, 0.4) is 0 Å². The highest BCUT2D eigenvalue weighted by molar-refractivity contribution is 6.26. The van der Waals surface area contributed by atoms with Gasteiger partial charge >= 0.3 is 5.97 Å². The van der Waals surface area contributed by atoms with Crippen molar-refractivity contribution in [3.8, 4) is 0 Å². The number of ether oxygens (including phenoxy) is 1. The molecule has 0 aliphatic rings. The van der Waals surface area contributed by atoms with E-state index in [9.17, 15) is 4.79 Å². The molecule has 0 spiro atoms. The first-order valence-electron chi connectivity index (χ1n) is 2.93. The van der Waals surface area contributed by atoms with Crippen molar-refractivity contribution in [2.45, 2.75) is 6.10 Å². The molecule has 0 aromatic heterocycles. The molecule has 64 valence electrons. The minimum Gasteiger partial charge on any atom is -0.460 e. The van der Waals surface area contributed by atoms with Crippen LogP contribution in [0.2, 0.25) is 0 Å². The third-order valence-electron chi connectivity index (χ3n) is 0.828.